The van der Waals surface area contributed by atoms with Crippen LogP contribution in [0.15, 0.2) is 24.3 Å². The number of carbonyl (C=O) groups is 1. The Kier molecular flexibility index (Phi) is 6.21. The number of piperidine rings is 1. The lowest BCUT2D eigenvalue weighted by Crippen LogP contribution is -2.34. The summed E-state index contributed by atoms with van der Waals surface area (Å²) < 4.78 is 0. The Hall–Kier alpha value is -1.39. The van der Waals surface area contributed by atoms with Crippen LogP contribution in [0.3, 0.4) is 0 Å². The molecule has 4 nitrogen and oxygen atoms in total. The molecule has 0 saturated carbocycles. The molecule has 1 aromatic rings. The Bertz CT molecular complexity index is 454. The van der Waals surface area contributed by atoms with Crippen LogP contribution in [0.2, 0.25) is 0 Å². The van der Waals surface area contributed by atoms with Gasteiger partial charge in [0.05, 0.1) is 0 Å². The first-order chi connectivity index (χ1) is 10.2. The highest BCUT2D eigenvalue weighted by atomic mass is 16.3. The number of rotatable bonds is 6. The molecule has 1 aliphatic heterocycles. The quantitative estimate of drug-likeness (QED) is 0.847. The van der Waals surface area contributed by atoms with Crippen molar-refractivity contribution in [1.29, 1.82) is 0 Å². The van der Waals surface area contributed by atoms with Gasteiger partial charge < -0.3 is 10.4 Å². The SMILES string of the molecule is CCCC(=O)Nc1cccc(CN2CCC(CO)CC2)c1. The maximum Gasteiger partial charge on any atom is 0.224 e. The van der Waals surface area contributed by atoms with E-state index in [-0.39, 0.29) is 5.91 Å². The van der Waals surface area contributed by atoms with Crippen molar-refractivity contribution in [3.8, 4) is 0 Å². The van der Waals surface area contributed by atoms with Gasteiger partial charge in [-0.15, -0.1) is 0 Å². The van der Waals surface area contributed by atoms with Crippen LogP contribution >= 0.6 is 0 Å². The van der Waals surface area contributed by atoms with Crippen LogP contribution in [0, 0.1) is 5.92 Å². The van der Waals surface area contributed by atoms with E-state index in [0.29, 0.717) is 18.9 Å². The monoisotopic (exact) mass is 290 g/mol. The highest BCUT2D eigenvalue weighted by Crippen LogP contribution is 2.19. The van der Waals surface area contributed by atoms with Gasteiger partial charge in [-0.3, -0.25) is 9.69 Å². The fraction of sp³-hybridized carbons (Fsp3) is 0.588. The van der Waals surface area contributed by atoms with Gasteiger partial charge in [-0.05, 0) is 56.0 Å². The fourth-order valence-electron chi connectivity index (χ4n) is 2.78. The molecule has 0 aromatic heterocycles. The third kappa shape index (κ3) is 5.14. The van der Waals surface area contributed by atoms with Gasteiger partial charge in [0.1, 0.15) is 0 Å². The first kappa shape index (κ1) is 16.0. The second-order valence-electron chi connectivity index (χ2n) is 5.90. The molecule has 0 unspecified atom stereocenters. The average Bonchev–Trinajstić information content (AvgIpc) is 2.48. The van der Waals surface area contributed by atoms with Crippen LogP contribution in [0.4, 0.5) is 5.69 Å². The largest absolute Gasteiger partial charge is 0.396 e. The van der Waals surface area contributed by atoms with Gasteiger partial charge in [-0.1, -0.05) is 19.1 Å². The number of nitrogens with zero attached hydrogens (tertiary/aromatic N) is 1. The van der Waals surface area contributed by atoms with E-state index in [4.69, 9.17) is 0 Å². The predicted molar refractivity (Wildman–Crippen MR) is 85.1 cm³/mol. The number of anilines is 1. The Labute approximate surface area is 127 Å². The number of aliphatic hydroxyl groups excluding tert-OH is 1. The molecule has 116 valence electrons. The lowest BCUT2D eigenvalue weighted by atomic mass is 9.97. The number of aliphatic hydroxyl groups is 1. The topological polar surface area (TPSA) is 52.6 Å². The van der Waals surface area contributed by atoms with E-state index in [9.17, 15) is 9.90 Å². The van der Waals surface area contributed by atoms with E-state index in [1.807, 2.05) is 19.1 Å². The Morgan fingerprint density at radius 2 is 2.14 bits per heavy atom. The number of carbonyl (C=O) groups excluding carboxylic acids is 1. The molecule has 21 heavy (non-hydrogen) atoms. The summed E-state index contributed by atoms with van der Waals surface area (Å²) in [7, 11) is 0. The molecule has 0 bridgehead atoms. The lowest BCUT2D eigenvalue weighted by molar-refractivity contribution is -0.116. The van der Waals surface area contributed by atoms with Crippen molar-refractivity contribution in [1.82, 2.24) is 4.90 Å². The normalized spacial score (nSPS) is 16.9. The van der Waals surface area contributed by atoms with Crippen LogP contribution in [0.25, 0.3) is 0 Å². The number of benzene rings is 1. The predicted octanol–water partition coefficient (Wildman–Crippen LogP) is 2.63. The van der Waals surface area contributed by atoms with E-state index >= 15 is 0 Å². The minimum absolute atomic E-state index is 0.0819. The molecule has 1 fully saturated rings. The lowest BCUT2D eigenvalue weighted by Gasteiger charge is -2.31. The van der Waals surface area contributed by atoms with E-state index in [1.54, 1.807) is 0 Å². The number of hydrogen-bond acceptors (Lipinski definition) is 3. The minimum Gasteiger partial charge on any atom is -0.396 e. The van der Waals surface area contributed by atoms with Crippen molar-refractivity contribution >= 4 is 11.6 Å². The first-order valence-electron chi connectivity index (χ1n) is 7.93. The van der Waals surface area contributed by atoms with Crippen molar-refractivity contribution < 1.29 is 9.90 Å². The van der Waals surface area contributed by atoms with Gasteiger partial charge >= 0.3 is 0 Å². The number of nitrogens with one attached hydrogen (secondary N) is 1. The molecule has 1 amide bonds. The second kappa shape index (κ2) is 8.15. The van der Waals surface area contributed by atoms with Crippen molar-refractivity contribution in [2.45, 2.75) is 39.2 Å². The zero-order valence-electron chi connectivity index (χ0n) is 12.8. The van der Waals surface area contributed by atoms with Crippen LogP contribution in [0.1, 0.15) is 38.2 Å². The maximum atomic E-state index is 11.6. The highest BCUT2D eigenvalue weighted by molar-refractivity contribution is 5.90. The van der Waals surface area contributed by atoms with Crippen LogP contribution < -0.4 is 5.32 Å². The van der Waals surface area contributed by atoms with Gasteiger partial charge in [0.25, 0.3) is 0 Å². The standard InChI is InChI=1S/C17H26N2O2/c1-2-4-17(21)18-16-6-3-5-15(11-16)12-19-9-7-14(13-20)8-10-19/h3,5-6,11,14,20H,2,4,7-10,12-13H2,1H3,(H,18,21). The van der Waals surface area contributed by atoms with Crippen molar-refractivity contribution in [2.75, 3.05) is 25.0 Å². The summed E-state index contributed by atoms with van der Waals surface area (Å²) >= 11 is 0. The molecule has 1 saturated heterocycles. The van der Waals surface area contributed by atoms with Crippen molar-refractivity contribution in [2.24, 2.45) is 5.92 Å². The molecule has 4 heteroatoms. The van der Waals surface area contributed by atoms with Gasteiger partial charge in [0.2, 0.25) is 5.91 Å². The Morgan fingerprint density at radius 3 is 2.81 bits per heavy atom. The smallest absolute Gasteiger partial charge is 0.224 e. The average molecular weight is 290 g/mol. The van der Waals surface area contributed by atoms with Gasteiger partial charge in [0, 0.05) is 25.3 Å². The van der Waals surface area contributed by atoms with Gasteiger partial charge in [-0.25, -0.2) is 0 Å². The summed E-state index contributed by atoms with van der Waals surface area (Å²) in [5, 5.41) is 12.1. The summed E-state index contributed by atoms with van der Waals surface area (Å²) in [5.41, 5.74) is 2.11. The molecule has 1 aromatic carbocycles. The van der Waals surface area contributed by atoms with E-state index in [2.05, 4.69) is 22.3 Å². The maximum absolute atomic E-state index is 11.6. The molecule has 1 heterocycles. The number of likely N-dealkylation sites (tertiary alicyclic amines) is 1. The summed E-state index contributed by atoms with van der Waals surface area (Å²) in [6, 6.07) is 8.10. The van der Waals surface area contributed by atoms with Crippen LogP contribution in [-0.2, 0) is 11.3 Å². The zero-order valence-corrected chi connectivity index (χ0v) is 12.8. The zero-order chi connectivity index (χ0) is 15.1. The van der Waals surface area contributed by atoms with Gasteiger partial charge in [0.15, 0.2) is 0 Å². The molecular weight excluding hydrogens is 264 g/mol. The summed E-state index contributed by atoms with van der Waals surface area (Å²) in [6.07, 6.45) is 3.58. The minimum atomic E-state index is 0.0819. The third-order valence-corrected chi connectivity index (χ3v) is 4.06. The second-order valence-corrected chi connectivity index (χ2v) is 5.90. The summed E-state index contributed by atoms with van der Waals surface area (Å²) in [6.45, 7) is 5.31. The summed E-state index contributed by atoms with van der Waals surface area (Å²) in [5.74, 6) is 0.555. The molecule has 0 radical (unpaired) electrons. The third-order valence-electron chi connectivity index (χ3n) is 4.06. The van der Waals surface area contributed by atoms with Crippen LogP contribution in [-0.4, -0.2) is 35.6 Å². The number of amides is 1. The van der Waals surface area contributed by atoms with E-state index < -0.39 is 0 Å². The molecule has 0 atom stereocenters. The molecule has 0 aliphatic carbocycles. The Morgan fingerprint density at radius 1 is 1.38 bits per heavy atom. The Balaban J connectivity index is 1.88. The number of hydrogen-bond donors (Lipinski definition) is 2. The van der Waals surface area contributed by atoms with E-state index in [0.717, 1.165) is 44.6 Å². The summed E-state index contributed by atoms with van der Waals surface area (Å²) in [4.78, 5) is 14.1. The highest BCUT2D eigenvalue weighted by Gasteiger charge is 2.18. The van der Waals surface area contributed by atoms with Gasteiger partial charge in [-0.2, -0.15) is 0 Å². The van der Waals surface area contributed by atoms with Crippen molar-refractivity contribution in [3.63, 3.8) is 0 Å². The van der Waals surface area contributed by atoms with E-state index in [1.165, 1.54) is 5.56 Å². The molecule has 0 spiro atoms. The van der Waals surface area contributed by atoms with Crippen LogP contribution in [0.5, 0.6) is 0 Å². The molecule has 2 N–H and O–H groups in total. The fourth-order valence-corrected chi connectivity index (χ4v) is 2.78. The first-order valence-corrected chi connectivity index (χ1v) is 7.93. The molecule has 1 aliphatic rings. The molecular formula is C17H26N2O2. The molecule has 2 rings (SSSR count). The van der Waals surface area contributed by atoms with Crippen molar-refractivity contribution in [3.05, 3.63) is 29.8 Å².